The molecule has 0 radical (unpaired) electrons. The van der Waals surface area contributed by atoms with Gasteiger partial charge in [-0.25, -0.2) is 4.98 Å². The van der Waals surface area contributed by atoms with Crippen LogP contribution in [0.1, 0.15) is 23.7 Å². The van der Waals surface area contributed by atoms with E-state index in [4.69, 9.17) is 22.1 Å². The first-order chi connectivity index (χ1) is 8.65. The van der Waals surface area contributed by atoms with Crippen LogP contribution in [0.2, 0.25) is 5.02 Å². The van der Waals surface area contributed by atoms with Crippen LogP contribution >= 0.6 is 22.9 Å². The number of hydrogen-bond acceptors (Lipinski definition) is 4. The second-order valence-corrected chi connectivity index (χ2v) is 5.39. The first-order valence-corrected chi connectivity index (χ1v) is 6.99. The van der Waals surface area contributed by atoms with E-state index in [1.807, 2.05) is 30.5 Å². The van der Waals surface area contributed by atoms with Gasteiger partial charge in [0.1, 0.15) is 5.75 Å². The topological polar surface area (TPSA) is 48.1 Å². The largest absolute Gasteiger partial charge is 0.493 e. The average Bonchev–Trinajstić information content (AvgIpc) is 2.78. The Morgan fingerprint density at radius 2 is 2.33 bits per heavy atom. The standard InChI is InChI=1S/C13H15ClN2OS/c1-9(15)12-8-18-13(16-12)5-6-17-11-4-2-3-10(14)7-11/h2-4,7-9H,5-6,15H2,1H3. The van der Waals surface area contributed by atoms with Gasteiger partial charge < -0.3 is 10.5 Å². The van der Waals surface area contributed by atoms with Crippen molar-refractivity contribution in [2.75, 3.05) is 6.61 Å². The molecule has 0 spiro atoms. The number of halogens is 1. The van der Waals surface area contributed by atoms with Crippen molar-refractivity contribution in [3.8, 4) is 5.75 Å². The molecule has 0 saturated carbocycles. The molecule has 1 atom stereocenters. The molecule has 2 aromatic rings. The van der Waals surface area contributed by atoms with Crippen molar-refractivity contribution in [3.63, 3.8) is 0 Å². The molecule has 1 heterocycles. The summed E-state index contributed by atoms with van der Waals surface area (Å²) in [6, 6.07) is 7.38. The molecule has 96 valence electrons. The Labute approximate surface area is 116 Å². The van der Waals surface area contributed by atoms with E-state index in [0.29, 0.717) is 11.6 Å². The van der Waals surface area contributed by atoms with E-state index in [9.17, 15) is 0 Å². The van der Waals surface area contributed by atoms with Crippen LogP contribution in [0.5, 0.6) is 5.75 Å². The molecule has 0 saturated heterocycles. The zero-order valence-electron chi connectivity index (χ0n) is 10.1. The van der Waals surface area contributed by atoms with Gasteiger partial charge in [0, 0.05) is 22.9 Å². The molecule has 18 heavy (non-hydrogen) atoms. The summed E-state index contributed by atoms with van der Waals surface area (Å²) in [7, 11) is 0. The van der Waals surface area contributed by atoms with Crippen molar-refractivity contribution in [1.29, 1.82) is 0 Å². The Kier molecular flexibility index (Phi) is 4.58. The second-order valence-electron chi connectivity index (χ2n) is 4.01. The molecule has 0 bridgehead atoms. The van der Waals surface area contributed by atoms with Crippen LogP contribution in [0.4, 0.5) is 0 Å². The lowest BCUT2D eigenvalue weighted by Gasteiger charge is -2.04. The fourth-order valence-electron chi connectivity index (χ4n) is 1.46. The van der Waals surface area contributed by atoms with Crippen molar-refractivity contribution in [2.24, 2.45) is 5.73 Å². The Balaban J connectivity index is 1.84. The monoisotopic (exact) mass is 282 g/mol. The fraction of sp³-hybridized carbons (Fsp3) is 0.308. The van der Waals surface area contributed by atoms with Crippen molar-refractivity contribution >= 4 is 22.9 Å². The molecule has 5 heteroatoms. The van der Waals surface area contributed by atoms with Gasteiger partial charge in [0.25, 0.3) is 0 Å². The predicted octanol–water partition coefficient (Wildman–Crippen LogP) is 3.44. The van der Waals surface area contributed by atoms with E-state index in [2.05, 4.69) is 4.98 Å². The quantitative estimate of drug-likeness (QED) is 0.914. The van der Waals surface area contributed by atoms with Crippen LogP contribution in [-0.4, -0.2) is 11.6 Å². The number of aromatic nitrogens is 1. The van der Waals surface area contributed by atoms with Crippen LogP contribution in [0.25, 0.3) is 0 Å². The highest BCUT2D eigenvalue weighted by atomic mass is 35.5. The number of nitrogens with two attached hydrogens (primary N) is 1. The average molecular weight is 283 g/mol. The first kappa shape index (κ1) is 13.3. The van der Waals surface area contributed by atoms with E-state index >= 15 is 0 Å². The van der Waals surface area contributed by atoms with Gasteiger partial charge in [-0.1, -0.05) is 17.7 Å². The molecule has 0 amide bonds. The summed E-state index contributed by atoms with van der Waals surface area (Å²) in [5, 5.41) is 3.73. The zero-order chi connectivity index (χ0) is 13.0. The van der Waals surface area contributed by atoms with Crippen LogP contribution in [0, 0.1) is 0 Å². The summed E-state index contributed by atoms with van der Waals surface area (Å²) in [5.41, 5.74) is 6.70. The minimum Gasteiger partial charge on any atom is -0.493 e. The normalized spacial score (nSPS) is 12.4. The van der Waals surface area contributed by atoms with E-state index in [-0.39, 0.29) is 6.04 Å². The van der Waals surface area contributed by atoms with Gasteiger partial charge >= 0.3 is 0 Å². The third kappa shape index (κ3) is 3.70. The molecule has 2 N–H and O–H groups in total. The lowest BCUT2D eigenvalue weighted by molar-refractivity contribution is 0.321. The predicted molar refractivity (Wildman–Crippen MR) is 75.4 cm³/mol. The zero-order valence-corrected chi connectivity index (χ0v) is 11.7. The molecule has 1 aromatic heterocycles. The summed E-state index contributed by atoms with van der Waals surface area (Å²) in [6.45, 7) is 2.52. The smallest absolute Gasteiger partial charge is 0.120 e. The maximum absolute atomic E-state index is 5.87. The maximum atomic E-state index is 5.87. The van der Waals surface area contributed by atoms with Crippen LogP contribution < -0.4 is 10.5 Å². The molecule has 0 fully saturated rings. The summed E-state index contributed by atoms with van der Waals surface area (Å²) in [6.07, 6.45) is 0.782. The molecule has 0 aliphatic heterocycles. The maximum Gasteiger partial charge on any atom is 0.120 e. The lowest BCUT2D eigenvalue weighted by atomic mass is 10.3. The first-order valence-electron chi connectivity index (χ1n) is 5.73. The van der Waals surface area contributed by atoms with E-state index in [0.717, 1.165) is 22.9 Å². The molecule has 1 unspecified atom stereocenters. The Bertz CT molecular complexity index is 513. The van der Waals surface area contributed by atoms with Crippen LogP contribution in [0.3, 0.4) is 0 Å². The van der Waals surface area contributed by atoms with E-state index in [1.54, 1.807) is 17.4 Å². The van der Waals surface area contributed by atoms with Crippen molar-refractivity contribution in [3.05, 3.63) is 45.4 Å². The number of hydrogen-bond donors (Lipinski definition) is 1. The van der Waals surface area contributed by atoms with Gasteiger partial charge in [0.15, 0.2) is 0 Å². The van der Waals surface area contributed by atoms with Crippen LogP contribution in [-0.2, 0) is 6.42 Å². The molecule has 2 rings (SSSR count). The molecule has 3 nitrogen and oxygen atoms in total. The number of nitrogens with zero attached hydrogens (tertiary/aromatic N) is 1. The van der Waals surface area contributed by atoms with Crippen LogP contribution in [0.15, 0.2) is 29.6 Å². The minimum absolute atomic E-state index is 0.0103. The molecule has 1 aromatic carbocycles. The molecule has 0 aliphatic rings. The second kappa shape index (κ2) is 6.18. The molecular formula is C13H15ClN2OS. The number of thiazole rings is 1. The van der Waals surface area contributed by atoms with Crippen molar-refractivity contribution < 1.29 is 4.74 Å². The number of rotatable bonds is 5. The fourth-order valence-corrected chi connectivity index (χ4v) is 2.53. The summed E-state index contributed by atoms with van der Waals surface area (Å²) >= 11 is 7.49. The Morgan fingerprint density at radius 1 is 1.50 bits per heavy atom. The highest BCUT2D eigenvalue weighted by molar-refractivity contribution is 7.09. The van der Waals surface area contributed by atoms with Crippen molar-refractivity contribution in [2.45, 2.75) is 19.4 Å². The Morgan fingerprint density at radius 3 is 3.00 bits per heavy atom. The van der Waals surface area contributed by atoms with Gasteiger partial charge in [-0.2, -0.15) is 0 Å². The van der Waals surface area contributed by atoms with Gasteiger partial charge in [-0.05, 0) is 25.1 Å². The molecule has 0 aliphatic carbocycles. The minimum atomic E-state index is -0.0103. The third-order valence-corrected chi connectivity index (χ3v) is 3.58. The van der Waals surface area contributed by atoms with Gasteiger partial charge in [0.2, 0.25) is 0 Å². The summed E-state index contributed by atoms with van der Waals surface area (Å²) in [5.74, 6) is 0.784. The Hall–Kier alpha value is -1.10. The third-order valence-electron chi connectivity index (χ3n) is 2.42. The van der Waals surface area contributed by atoms with Crippen molar-refractivity contribution in [1.82, 2.24) is 4.98 Å². The summed E-state index contributed by atoms with van der Waals surface area (Å²) < 4.78 is 5.61. The van der Waals surface area contributed by atoms with Gasteiger partial charge in [0.05, 0.1) is 17.3 Å². The number of benzene rings is 1. The van der Waals surface area contributed by atoms with E-state index < -0.39 is 0 Å². The number of ether oxygens (including phenoxy) is 1. The lowest BCUT2D eigenvalue weighted by Crippen LogP contribution is -2.06. The summed E-state index contributed by atoms with van der Waals surface area (Å²) in [4.78, 5) is 4.45. The van der Waals surface area contributed by atoms with Gasteiger partial charge in [-0.3, -0.25) is 0 Å². The SMILES string of the molecule is CC(N)c1csc(CCOc2cccc(Cl)c2)n1. The highest BCUT2D eigenvalue weighted by Crippen LogP contribution is 2.18. The van der Waals surface area contributed by atoms with E-state index in [1.165, 1.54) is 0 Å². The highest BCUT2D eigenvalue weighted by Gasteiger charge is 2.05. The van der Waals surface area contributed by atoms with Gasteiger partial charge in [-0.15, -0.1) is 11.3 Å². The molecular weight excluding hydrogens is 268 g/mol.